The van der Waals surface area contributed by atoms with Gasteiger partial charge in [0.15, 0.2) is 0 Å². The molecule has 0 unspecified atom stereocenters. The van der Waals surface area contributed by atoms with Crippen molar-refractivity contribution in [3.63, 3.8) is 0 Å². The second kappa shape index (κ2) is 15.8. The lowest BCUT2D eigenvalue weighted by molar-refractivity contribution is -0.142. The van der Waals surface area contributed by atoms with Gasteiger partial charge in [0.2, 0.25) is 5.91 Å². The number of amides is 1. The molecular weight excluding hydrogens is 542 g/mol. The van der Waals surface area contributed by atoms with Crippen molar-refractivity contribution in [1.29, 1.82) is 5.41 Å². The highest BCUT2D eigenvalue weighted by atomic mass is 16.5. The smallest absolute Gasteiger partial charge is 0.304 e. The van der Waals surface area contributed by atoms with E-state index in [9.17, 15) is 14.7 Å². The van der Waals surface area contributed by atoms with E-state index < -0.39 is 11.9 Å². The van der Waals surface area contributed by atoms with Crippen LogP contribution >= 0.6 is 0 Å². The Morgan fingerprint density at radius 3 is 2.16 bits per heavy atom. The first kappa shape index (κ1) is 31.6. The number of carbonyl (C=O) groups is 2. The summed E-state index contributed by atoms with van der Waals surface area (Å²) in [5.74, 6) is 0.00761. The first-order valence-corrected chi connectivity index (χ1v) is 15.3. The van der Waals surface area contributed by atoms with Gasteiger partial charge in [0.1, 0.15) is 23.9 Å². The minimum Gasteiger partial charge on any atom is -0.494 e. The van der Waals surface area contributed by atoms with Crippen LogP contribution in [0.1, 0.15) is 63.0 Å². The molecule has 1 aliphatic rings. The Hall–Kier alpha value is -4.33. The molecule has 4 N–H and O–H groups in total. The molecule has 3 aromatic rings. The summed E-state index contributed by atoms with van der Waals surface area (Å²) in [4.78, 5) is 26.4. The van der Waals surface area contributed by atoms with Gasteiger partial charge in [0.05, 0.1) is 25.0 Å². The molecule has 0 radical (unpaired) electrons. The van der Waals surface area contributed by atoms with E-state index >= 15 is 0 Å². The van der Waals surface area contributed by atoms with Crippen LogP contribution in [0.5, 0.6) is 11.5 Å². The van der Waals surface area contributed by atoms with Crippen LogP contribution in [0.25, 0.3) is 11.1 Å². The number of carboxylic acid groups (broad SMARTS) is 1. The van der Waals surface area contributed by atoms with Crippen LogP contribution in [0.3, 0.4) is 0 Å². The van der Waals surface area contributed by atoms with E-state index in [1.165, 1.54) is 24.8 Å². The molecular formula is C35H43N3O5. The van der Waals surface area contributed by atoms with Gasteiger partial charge in [-0.05, 0) is 66.6 Å². The molecule has 4 rings (SSSR count). The molecule has 1 amide bonds. The Bertz CT molecular complexity index is 1340. The summed E-state index contributed by atoms with van der Waals surface area (Å²) in [5, 5.41) is 16.9. The Labute approximate surface area is 254 Å². The van der Waals surface area contributed by atoms with Crippen molar-refractivity contribution in [2.75, 3.05) is 19.8 Å². The molecule has 0 saturated carbocycles. The fraction of sp³-hybridized carbons (Fsp3) is 0.400. The van der Waals surface area contributed by atoms with Crippen LogP contribution < -0.4 is 15.2 Å². The van der Waals surface area contributed by atoms with Gasteiger partial charge in [-0.3, -0.25) is 15.0 Å². The monoisotopic (exact) mass is 585 g/mol. The van der Waals surface area contributed by atoms with Crippen molar-refractivity contribution in [3.05, 3.63) is 83.9 Å². The van der Waals surface area contributed by atoms with Crippen molar-refractivity contribution < 1.29 is 24.2 Å². The Morgan fingerprint density at radius 1 is 0.907 bits per heavy atom. The van der Waals surface area contributed by atoms with Crippen LogP contribution in [-0.4, -0.2) is 53.5 Å². The van der Waals surface area contributed by atoms with E-state index in [0.717, 1.165) is 42.7 Å². The van der Waals surface area contributed by atoms with Crippen LogP contribution in [0.15, 0.2) is 72.8 Å². The van der Waals surface area contributed by atoms with Crippen LogP contribution in [0, 0.1) is 11.3 Å². The first-order valence-electron chi connectivity index (χ1n) is 15.3. The van der Waals surface area contributed by atoms with E-state index in [1.54, 1.807) is 0 Å². The van der Waals surface area contributed by atoms with E-state index in [1.807, 2.05) is 65.6 Å². The molecule has 0 spiro atoms. The Morgan fingerprint density at radius 2 is 1.53 bits per heavy atom. The molecule has 43 heavy (non-hydrogen) atoms. The van der Waals surface area contributed by atoms with Crippen molar-refractivity contribution in [2.24, 2.45) is 11.7 Å². The number of nitrogens with zero attached hydrogens (tertiary/aromatic N) is 1. The molecule has 3 aromatic carbocycles. The number of benzene rings is 3. The van der Waals surface area contributed by atoms with E-state index in [-0.39, 0.29) is 24.2 Å². The number of carboxylic acids is 1. The maximum absolute atomic E-state index is 13.2. The standard InChI is InChI=1S/C35H43N3O5/c1-2-3-4-5-21-42-31-16-8-25(9-17-31)7-6-20-38-30(22-29(35(38)41)23-33(39)40)24-43-32-18-14-27(15-19-32)26-10-12-28(13-11-26)34(36)37/h8-19,29-30H,2-7,20-24H2,1H3,(H3,36,37)(H,39,40)/t29-,30-/m0/s1. The number of amidine groups is 1. The number of rotatable bonds is 17. The lowest BCUT2D eigenvalue weighted by Gasteiger charge is -2.25. The predicted molar refractivity (Wildman–Crippen MR) is 169 cm³/mol. The number of aliphatic carboxylic acids is 1. The number of carbonyl (C=O) groups excluding carboxylic acids is 1. The van der Waals surface area contributed by atoms with Crippen LogP contribution in [0.2, 0.25) is 0 Å². The first-order chi connectivity index (χ1) is 20.8. The van der Waals surface area contributed by atoms with Crippen LogP contribution in [0.4, 0.5) is 0 Å². The topological polar surface area (TPSA) is 126 Å². The maximum atomic E-state index is 13.2. The molecule has 0 aliphatic carbocycles. The average molecular weight is 586 g/mol. The van der Waals surface area contributed by atoms with E-state index in [4.69, 9.17) is 20.6 Å². The summed E-state index contributed by atoms with van der Waals surface area (Å²) in [5.41, 5.74) is 9.42. The average Bonchev–Trinajstić information content (AvgIpc) is 3.30. The number of nitrogen functional groups attached to an aromatic ring is 1. The molecule has 228 valence electrons. The highest BCUT2D eigenvalue weighted by molar-refractivity contribution is 5.95. The van der Waals surface area contributed by atoms with Crippen molar-refractivity contribution in [1.82, 2.24) is 4.90 Å². The molecule has 0 aromatic heterocycles. The fourth-order valence-corrected chi connectivity index (χ4v) is 5.51. The molecule has 0 bridgehead atoms. The third-order valence-corrected chi connectivity index (χ3v) is 7.93. The molecule has 2 atom stereocenters. The number of likely N-dealkylation sites (tertiary alicyclic amines) is 1. The minimum absolute atomic E-state index is 0.0351. The largest absolute Gasteiger partial charge is 0.494 e. The summed E-state index contributed by atoms with van der Waals surface area (Å²) in [7, 11) is 0. The second-order valence-electron chi connectivity index (χ2n) is 11.2. The number of nitrogens with two attached hydrogens (primary N) is 1. The molecule has 1 saturated heterocycles. The van der Waals surface area contributed by atoms with Gasteiger partial charge >= 0.3 is 5.97 Å². The molecule has 1 heterocycles. The Kier molecular flexibility index (Phi) is 11.6. The fourth-order valence-electron chi connectivity index (χ4n) is 5.51. The zero-order valence-electron chi connectivity index (χ0n) is 25.0. The summed E-state index contributed by atoms with van der Waals surface area (Å²) in [6.07, 6.45) is 6.59. The van der Waals surface area contributed by atoms with Crippen molar-refractivity contribution >= 4 is 17.7 Å². The van der Waals surface area contributed by atoms with Crippen molar-refractivity contribution in [2.45, 2.75) is 64.3 Å². The molecule has 8 heteroatoms. The lowest BCUT2D eigenvalue weighted by atomic mass is 10.0. The van der Waals surface area contributed by atoms with E-state index in [0.29, 0.717) is 30.9 Å². The second-order valence-corrected chi connectivity index (χ2v) is 11.2. The Balaban J connectivity index is 1.30. The van der Waals surface area contributed by atoms with Gasteiger partial charge in [-0.1, -0.05) is 74.7 Å². The third kappa shape index (κ3) is 9.33. The van der Waals surface area contributed by atoms with Gasteiger partial charge in [-0.2, -0.15) is 0 Å². The van der Waals surface area contributed by atoms with Gasteiger partial charge in [-0.25, -0.2) is 0 Å². The lowest BCUT2D eigenvalue weighted by Crippen LogP contribution is -2.38. The predicted octanol–water partition coefficient (Wildman–Crippen LogP) is 6.30. The number of hydrogen-bond acceptors (Lipinski definition) is 5. The summed E-state index contributed by atoms with van der Waals surface area (Å²) < 4.78 is 11.9. The van der Waals surface area contributed by atoms with Crippen molar-refractivity contribution in [3.8, 4) is 22.6 Å². The quantitative estimate of drug-likeness (QED) is 0.0970. The van der Waals surface area contributed by atoms with E-state index in [2.05, 4.69) is 19.1 Å². The van der Waals surface area contributed by atoms with Gasteiger partial charge in [-0.15, -0.1) is 0 Å². The zero-order valence-corrected chi connectivity index (χ0v) is 25.0. The zero-order chi connectivity index (χ0) is 30.6. The normalized spacial score (nSPS) is 16.3. The molecule has 1 aliphatic heterocycles. The third-order valence-electron chi connectivity index (χ3n) is 7.93. The highest BCUT2D eigenvalue weighted by Crippen LogP contribution is 2.29. The van der Waals surface area contributed by atoms with Gasteiger partial charge in [0, 0.05) is 12.1 Å². The molecule has 1 fully saturated rings. The minimum atomic E-state index is -0.959. The number of nitrogens with one attached hydrogen (secondary N) is 1. The summed E-state index contributed by atoms with van der Waals surface area (Å²) >= 11 is 0. The van der Waals surface area contributed by atoms with Gasteiger partial charge < -0.3 is 25.2 Å². The highest BCUT2D eigenvalue weighted by Gasteiger charge is 2.40. The van der Waals surface area contributed by atoms with Crippen LogP contribution in [-0.2, 0) is 16.0 Å². The number of unbranched alkanes of at least 4 members (excludes halogenated alkanes) is 3. The molecule has 8 nitrogen and oxygen atoms in total. The van der Waals surface area contributed by atoms with Gasteiger partial charge in [0.25, 0.3) is 0 Å². The SMILES string of the molecule is CCCCCCOc1ccc(CCCN2C(=O)[C@H](CC(=O)O)C[C@H]2COc2ccc(-c3ccc(C(=N)N)cc3)cc2)cc1. The maximum Gasteiger partial charge on any atom is 0.304 e. The number of hydrogen-bond donors (Lipinski definition) is 3. The summed E-state index contributed by atoms with van der Waals surface area (Å²) in [6, 6.07) is 23.2. The number of ether oxygens (including phenoxy) is 2. The summed E-state index contributed by atoms with van der Waals surface area (Å²) in [6.45, 7) is 3.78. The number of aryl methyl sites for hydroxylation is 1.